The number of hydrogen-bond acceptors (Lipinski definition) is 3. The van der Waals surface area contributed by atoms with E-state index in [1.165, 1.54) is 5.01 Å². The first-order valence-electron chi connectivity index (χ1n) is 7.94. The second-order valence-corrected chi connectivity index (χ2v) is 7.66. The molecule has 0 saturated carbocycles. The average Bonchev–Trinajstić information content (AvgIpc) is 2.87. The summed E-state index contributed by atoms with van der Waals surface area (Å²) in [5.74, 6) is -0.153. The maximum atomic E-state index is 12.6. The van der Waals surface area contributed by atoms with E-state index in [9.17, 15) is 9.59 Å². The van der Waals surface area contributed by atoms with Gasteiger partial charge in [-0.05, 0) is 81.6 Å². The van der Waals surface area contributed by atoms with Gasteiger partial charge in [-0.2, -0.15) is 0 Å². The molecule has 2 amide bonds. The Morgan fingerprint density at radius 2 is 1.69 bits per heavy atom. The third-order valence-corrected chi connectivity index (χ3v) is 4.77. The fraction of sp³-hybridized carbons (Fsp3) is 0.158. The van der Waals surface area contributed by atoms with Gasteiger partial charge in [0, 0.05) is 0 Å². The first-order valence-corrected chi connectivity index (χ1v) is 9.53. The highest BCUT2D eigenvalue weighted by Crippen LogP contribution is 2.36. The highest BCUT2D eigenvalue weighted by Gasteiger charge is 2.34. The Hall–Kier alpha value is -2.12. The number of anilines is 1. The van der Waals surface area contributed by atoms with Crippen molar-refractivity contribution in [3.63, 3.8) is 0 Å². The summed E-state index contributed by atoms with van der Waals surface area (Å²) in [6.45, 7) is 3.88. The minimum Gasteiger partial charge on any atom is -0.489 e. The molecule has 0 aromatic heterocycles. The zero-order chi connectivity index (χ0) is 18.8. The highest BCUT2D eigenvalue weighted by molar-refractivity contribution is 9.11. The van der Waals surface area contributed by atoms with Crippen LogP contribution >= 0.6 is 31.9 Å². The van der Waals surface area contributed by atoms with E-state index in [2.05, 4.69) is 37.3 Å². The van der Waals surface area contributed by atoms with Crippen LogP contribution in [-0.4, -0.2) is 17.9 Å². The number of hydrogen-bond donors (Lipinski definition) is 1. The molecule has 2 aromatic rings. The lowest BCUT2D eigenvalue weighted by atomic mass is 10.1. The van der Waals surface area contributed by atoms with Gasteiger partial charge in [-0.1, -0.05) is 18.2 Å². The molecule has 7 heteroatoms. The quantitative estimate of drug-likeness (QED) is 0.520. The number of rotatable bonds is 4. The van der Waals surface area contributed by atoms with E-state index < -0.39 is 11.8 Å². The monoisotopic (exact) mass is 478 g/mol. The highest BCUT2D eigenvalue weighted by atomic mass is 79.9. The van der Waals surface area contributed by atoms with E-state index in [1.54, 1.807) is 42.5 Å². The zero-order valence-electron chi connectivity index (χ0n) is 14.1. The number of ether oxygens (including phenoxy) is 1. The van der Waals surface area contributed by atoms with E-state index in [1.807, 2.05) is 19.9 Å². The first kappa shape index (κ1) is 18.7. The van der Waals surface area contributed by atoms with Crippen LogP contribution in [-0.2, 0) is 9.59 Å². The number of carbonyl (C=O) groups is 2. The number of benzene rings is 2. The van der Waals surface area contributed by atoms with Gasteiger partial charge in [0.25, 0.3) is 11.8 Å². The summed E-state index contributed by atoms with van der Waals surface area (Å²) in [5, 5.41) is 1.24. The van der Waals surface area contributed by atoms with Gasteiger partial charge >= 0.3 is 0 Å². The van der Waals surface area contributed by atoms with Gasteiger partial charge in [-0.3, -0.25) is 15.0 Å². The molecule has 26 heavy (non-hydrogen) atoms. The molecule has 1 saturated heterocycles. The van der Waals surface area contributed by atoms with Crippen molar-refractivity contribution >= 4 is 55.4 Å². The lowest BCUT2D eigenvalue weighted by Gasteiger charge is -2.14. The number of halogens is 2. The lowest BCUT2D eigenvalue weighted by molar-refractivity contribution is -0.117. The minimum atomic E-state index is -0.436. The van der Waals surface area contributed by atoms with Gasteiger partial charge in [0.2, 0.25) is 0 Å². The van der Waals surface area contributed by atoms with E-state index in [0.29, 0.717) is 17.0 Å². The molecule has 134 valence electrons. The number of nitrogens with zero attached hydrogens (tertiary/aromatic N) is 1. The Morgan fingerprint density at radius 1 is 1.08 bits per heavy atom. The van der Waals surface area contributed by atoms with Crippen molar-refractivity contribution in [1.82, 2.24) is 5.43 Å². The number of carbonyl (C=O) groups excluding carboxylic acids is 2. The Morgan fingerprint density at radius 3 is 2.27 bits per heavy atom. The minimum absolute atomic E-state index is 0.0217. The molecule has 1 N–H and O–H groups in total. The molecule has 2 aromatic carbocycles. The summed E-state index contributed by atoms with van der Waals surface area (Å²) < 4.78 is 7.22. The molecule has 0 radical (unpaired) electrons. The maximum Gasteiger partial charge on any atom is 0.282 e. The fourth-order valence-electron chi connectivity index (χ4n) is 2.49. The summed E-state index contributed by atoms with van der Waals surface area (Å²) in [5.41, 5.74) is 3.97. The van der Waals surface area contributed by atoms with Crippen molar-refractivity contribution in [2.24, 2.45) is 0 Å². The van der Waals surface area contributed by atoms with Gasteiger partial charge in [-0.15, -0.1) is 0 Å². The zero-order valence-corrected chi connectivity index (χ0v) is 17.3. The lowest BCUT2D eigenvalue weighted by Crippen LogP contribution is -2.35. The molecule has 0 atom stereocenters. The second-order valence-electron chi connectivity index (χ2n) is 5.96. The molecule has 1 aliphatic rings. The van der Waals surface area contributed by atoms with E-state index in [-0.39, 0.29) is 11.7 Å². The molecule has 1 heterocycles. The van der Waals surface area contributed by atoms with Gasteiger partial charge in [-0.25, -0.2) is 5.01 Å². The molecule has 0 bridgehead atoms. The van der Waals surface area contributed by atoms with Gasteiger partial charge in [0.15, 0.2) is 0 Å². The van der Waals surface area contributed by atoms with Crippen LogP contribution in [0.1, 0.15) is 19.4 Å². The van der Waals surface area contributed by atoms with Gasteiger partial charge in [0.05, 0.1) is 20.7 Å². The normalized spacial score (nSPS) is 15.7. The number of nitrogens with one attached hydrogen (secondary N) is 1. The van der Waals surface area contributed by atoms with Crippen LogP contribution < -0.4 is 15.2 Å². The summed E-state index contributed by atoms with van der Waals surface area (Å²) in [4.78, 5) is 24.9. The molecular weight excluding hydrogens is 464 g/mol. The van der Waals surface area contributed by atoms with Crippen molar-refractivity contribution in [1.29, 1.82) is 0 Å². The number of hydrazine groups is 1. The molecule has 0 spiro atoms. The summed E-state index contributed by atoms with van der Waals surface area (Å²) in [6, 6.07) is 12.6. The molecular formula is C19H16Br2N2O3. The number of amides is 2. The second kappa shape index (κ2) is 7.63. The topological polar surface area (TPSA) is 58.6 Å². The summed E-state index contributed by atoms with van der Waals surface area (Å²) >= 11 is 6.95. The van der Waals surface area contributed by atoms with Crippen LogP contribution in [0.2, 0.25) is 0 Å². The van der Waals surface area contributed by atoms with Gasteiger partial charge < -0.3 is 4.74 Å². The van der Waals surface area contributed by atoms with E-state index >= 15 is 0 Å². The van der Waals surface area contributed by atoms with Crippen molar-refractivity contribution < 1.29 is 14.3 Å². The molecule has 1 aliphatic heterocycles. The van der Waals surface area contributed by atoms with E-state index in [0.717, 1.165) is 8.95 Å². The van der Waals surface area contributed by atoms with Crippen LogP contribution in [0.25, 0.3) is 6.08 Å². The summed E-state index contributed by atoms with van der Waals surface area (Å²) in [7, 11) is 0. The Kier molecular flexibility index (Phi) is 5.48. The van der Waals surface area contributed by atoms with Crippen molar-refractivity contribution in [2.45, 2.75) is 20.0 Å². The molecule has 5 nitrogen and oxygen atoms in total. The largest absolute Gasteiger partial charge is 0.489 e. The molecule has 0 aliphatic carbocycles. The van der Waals surface area contributed by atoms with Crippen LogP contribution in [0.15, 0.2) is 57.0 Å². The molecule has 0 unspecified atom stereocenters. The average molecular weight is 480 g/mol. The van der Waals surface area contributed by atoms with Crippen molar-refractivity contribution in [2.75, 3.05) is 5.01 Å². The first-order chi connectivity index (χ1) is 12.4. The Bertz CT molecular complexity index is 872. The predicted molar refractivity (Wildman–Crippen MR) is 108 cm³/mol. The smallest absolute Gasteiger partial charge is 0.282 e. The van der Waals surface area contributed by atoms with Crippen molar-refractivity contribution in [3.8, 4) is 5.75 Å². The van der Waals surface area contributed by atoms with Crippen LogP contribution in [0, 0.1) is 0 Å². The van der Waals surface area contributed by atoms with Crippen molar-refractivity contribution in [3.05, 3.63) is 62.5 Å². The SMILES string of the molecule is CC(C)Oc1c(Br)cc(/C=C2/C(=O)NN(c3ccccc3)C2=O)cc1Br. The summed E-state index contributed by atoms with van der Waals surface area (Å²) in [6.07, 6.45) is 1.59. The third-order valence-electron chi connectivity index (χ3n) is 3.59. The Labute approximate surface area is 168 Å². The number of para-hydroxylation sites is 1. The van der Waals surface area contributed by atoms with Crippen LogP contribution in [0.4, 0.5) is 5.69 Å². The van der Waals surface area contributed by atoms with E-state index in [4.69, 9.17) is 4.74 Å². The predicted octanol–water partition coefficient (Wildman–Crippen LogP) is 4.46. The third kappa shape index (κ3) is 3.83. The molecule has 3 rings (SSSR count). The van der Waals surface area contributed by atoms with Crippen LogP contribution in [0.5, 0.6) is 5.75 Å². The Balaban J connectivity index is 1.93. The maximum absolute atomic E-state index is 12.6. The van der Waals surface area contributed by atoms with Crippen LogP contribution in [0.3, 0.4) is 0 Å². The van der Waals surface area contributed by atoms with Gasteiger partial charge in [0.1, 0.15) is 11.3 Å². The fourth-order valence-corrected chi connectivity index (χ4v) is 3.90. The standard InChI is InChI=1S/C19H16Br2N2O3/c1-11(2)26-17-15(20)9-12(10-16(17)21)8-14-18(24)22-23(19(14)25)13-6-4-3-5-7-13/h3-11H,1-2H3,(H,22,24)/b14-8-. The molecule has 1 fully saturated rings.